The topological polar surface area (TPSA) is 82.0 Å². The Hall–Kier alpha value is -3.20. The molecule has 0 radical (unpaired) electrons. The van der Waals surface area contributed by atoms with Crippen LogP contribution in [-0.2, 0) is 15.0 Å². The first-order valence-electron chi connectivity index (χ1n) is 7.88. The van der Waals surface area contributed by atoms with E-state index >= 15 is 0 Å². The number of carbonyl (C=O) groups excluding carboxylic acids is 2. The van der Waals surface area contributed by atoms with Crippen molar-refractivity contribution in [1.82, 2.24) is 5.32 Å². The minimum absolute atomic E-state index is 0.228. The van der Waals surface area contributed by atoms with Crippen LogP contribution in [-0.4, -0.2) is 18.4 Å². The van der Waals surface area contributed by atoms with Gasteiger partial charge in [0.15, 0.2) is 0 Å². The van der Waals surface area contributed by atoms with Crippen LogP contribution in [0.25, 0.3) is 0 Å². The first-order chi connectivity index (χ1) is 12.0. The van der Waals surface area contributed by atoms with E-state index < -0.39 is 11.8 Å². The standard InChI is InChI=1S/C19H16FN3O2/c20-15-7-5-14(6-8-15)19(9-10-19)12-22-17(24)18(25)23-16-4-2-1-3-13(16)11-21/h1-8H,9-10,12H2,(H,22,24)(H,23,25). The minimum Gasteiger partial charge on any atom is -0.347 e. The Bertz CT molecular complexity index is 852. The smallest absolute Gasteiger partial charge is 0.313 e. The van der Waals surface area contributed by atoms with Gasteiger partial charge in [-0.2, -0.15) is 5.26 Å². The highest BCUT2D eigenvalue weighted by molar-refractivity contribution is 6.39. The van der Waals surface area contributed by atoms with Crippen molar-refractivity contribution in [2.45, 2.75) is 18.3 Å². The minimum atomic E-state index is -0.822. The maximum atomic E-state index is 13.0. The number of nitrogens with one attached hydrogen (secondary N) is 2. The zero-order chi connectivity index (χ0) is 17.9. The fourth-order valence-corrected chi connectivity index (χ4v) is 2.72. The number of rotatable bonds is 4. The molecule has 0 aromatic heterocycles. The Labute approximate surface area is 144 Å². The van der Waals surface area contributed by atoms with E-state index in [1.54, 1.807) is 36.4 Å². The quantitative estimate of drug-likeness (QED) is 0.841. The summed E-state index contributed by atoms with van der Waals surface area (Å²) in [5.41, 5.74) is 1.30. The van der Waals surface area contributed by atoms with Gasteiger partial charge < -0.3 is 10.6 Å². The van der Waals surface area contributed by atoms with Crippen LogP contribution in [0, 0.1) is 17.1 Å². The number of para-hydroxylation sites is 1. The van der Waals surface area contributed by atoms with E-state index in [0.29, 0.717) is 12.2 Å². The van der Waals surface area contributed by atoms with Gasteiger partial charge in [-0.05, 0) is 42.7 Å². The molecule has 0 saturated heterocycles. The lowest BCUT2D eigenvalue weighted by Gasteiger charge is -2.16. The molecule has 0 unspecified atom stereocenters. The van der Waals surface area contributed by atoms with Crippen molar-refractivity contribution in [2.24, 2.45) is 0 Å². The zero-order valence-corrected chi connectivity index (χ0v) is 13.4. The molecule has 1 aliphatic rings. The summed E-state index contributed by atoms with van der Waals surface area (Å²) < 4.78 is 13.0. The van der Waals surface area contributed by atoms with Crippen molar-refractivity contribution in [1.29, 1.82) is 5.26 Å². The third-order valence-electron chi connectivity index (χ3n) is 4.40. The molecule has 3 rings (SSSR count). The SMILES string of the molecule is N#Cc1ccccc1NC(=O)C(=O)NCC1(c2ccc(F)cc2)CC1. The molecule has 2 amide bonds. The summed E-state index contributed by atoms with van der Waals surface area (Å²) in [6.45, 7) is 0.310. The van der Waals surface area contributed by atoms with Gasteiger partial charge in [-0.1, -0.05) is 24.3 Å². The number of anilines is 1. The molecule has 25 heavy (non-hydrogen) atoms. The van der Waals surface area contributed by atoms with Gasteiger partial charge in [0.1, 0.15) is 11.9 Å². The fourth-order valence-electron chi connectivity index (χ4n) is 2.72. The second-order valence-corrected chi connectivity index (χ2v) is 6.08. The number of amides is 2. The molecule has 0 heterocycles. The summed E-state index contributed by atoms with van der Waals surface area (Å²) in [6.07, 6.45) is 1.75. The second kappa shape index (κ2) is 6.73. The lowest BCUT2D eigenvalue weighted by molar-refractivity contribution is -0.136. The Morgan fingerprint density at radius 2 is 1.76 bits per heavy atom. The molecule has 1 aliphatic carbocycles. The predicted octanol–water partition coefficient (Wildman–Crippen LogP) is 2.48. The second-order valence-electron chi connectivity index (χ2n) is 6.08. The molecule has 0 aliphatic heterocycles. The highest BCUT2D eigenvalue weighted by Crippen LogP contribution is 2.47. The molecular formula is C19H16FN3O2. The molecular weight excluding hydrogens is 321 g/mol. The molecule has 0 bridgehead atoms. The maximum Gasteiger partial charge on any atom is 0.313 e. The third kappa shape index (κ3) is 3.66. The molecule has 0 spiro atoms. The number of carbonyl (C=O) groups is 2. The van der Waals surface area contributed by atoms with Crippen LogP contribution < -0.4 is 10.6 Å². The van der Waals surface area contributed by atoms with E-state index in [4.69, 9.17) is 5.26 Å². The van der Waals surface area contributed by atoms with E-state index in [2.05, 4.69) is 10.6 Å². The summed E-state index contributed by atoms with van der Waals surface area (Å²) >= 11 is 0. The molecule has 2 N–H and O–H groups in total. The van der Waals surface area contributed by atoms with E-state index in [9.17, 15) is 14.0 Å². The molecule has 1 fully saturated rings. The number of halogens is 1. The van der Waals surface area contributed by atoms with Gasteiger partial charge in [-0.3, -0.25) is 9.59 Å². The molecule has 0 atom stereocenters. The van der Waals surface area contributed by atoms with Gasteiger partial charge in [0.25, 0.3) is 0 Å². The van der Waals surface area contributed by atoms with Crippen LogP contribution >= 0.6 is 0 Å². The monoisotopic (exact) mass is 337 g/mol. The predicted molar refractivity (Wildman–Crippen MR) is 90.1 cm³/mol. The normalized spacial score (nSPS) is 14.2. The zero-order valence-electron chi connectivity index (χ0n) is 13.4. The van der Waals surface area contributed by atoms with E-state index in [0.717, 1.165) is 18.4 Å². The molecule has 2 aromatic carbocycles. The first-order valence-corrected chi connectivity index (χ1v) is 7.88. The van der Waals surface area contributed by atoms with E-state index in [-0.39, 0.29) is 16.8 Å². The van der Waals surface area contributed by atoms with Gasteiger partial charge in [0.05, 0.1) is 11.3 Å². The highest BCUT2D eigenvalue weighted by Gasteiger charge is 2.44. The Morgan fingerprint density at radius 3 is 2.40 bits per heavy atom. The third-order valence-corrected chi connectivity index (χ3v) is 4.40. The summed E-state index contributed by atoms with van der Waals surface area (Å²) in [7, 11) is 0. The van der Waals surface area contributed by atoms with Crippen LogP contribution in [0.5, 0.6) is 0 Å². The van der Waals surface area contributed by atoms with Crippen molar-refractivity contribution in [2.75, 3.05) is 11.9 Å². The summed E-state index contributed by atoms with van der Waals surface area (Å²) in [5, 5.41) is 14.1. The average molecular weight is 337 g/mol. The van der Waals surface area contributed by atoms with Crippen molar-refractivity contribution >= 4 is 17.5 Å². The molecule has 2 aromatic rings. The first kappa shape index (κ1) is 16.7. The van der Waals surface area contributed by atoms with Gasteiger partial charge in [0.2, 0.25) is 0 Å². The molecule has 6 heteroatoms. The van der Waals surface area contributed by atoms with Crippen LogP contribution in [0.1, 0.15) is 24.0 Å². The number of hydrogen-bond acceptors (Lipinski definition) is 3. The van der Waals surface area contributed by atoms with Crippen molar-refractivity contribution in [3.05, 3.63) is 65.5 Å². The Morgan fingerprint density at radius 1 is 1.08 bits per heavy atom. The summed E-state index contributed by atoms with van der Waals surface area (Å²) in [6, 6.07) is 14.6. The fraction of sp³-hybridized carbons (Fsp3) is 0.211. The average Bonchev–Trinajstić information content (AvgIpc) is 3.41. The largest absolute Gasteiger partial charge is 0.347 e. The summed E-state index contributed by atoms with van der Waals surface area (Å²) in [5.74, 6) is -1.89. The van der Waals surface area contributed by atoms with E-state index in [1.807, 2.05) is 6.07 Å². The van der Waals surface area contributed by atoms with Crippen LogP contribution in [0.3, 0.4) is 0 Å². The summed E-state index contributed by atoms with van der Waals surface area (Å²) in [4.78, 5) is 24.1. The maximum absolute atomic E-state index is 13.0. The lowest BCUT2D eigenvalue weighted by atomic mass is 9.96. The lowest BCUT2D eigenvalue weighted by Crippen LogP contribution is -2.39. The highest BCUT2D eigenvalue weighted by atomic mass is 19.1. The van der Waals surface area contributed by atoms with Crippen LogP contribution in [0.4, 0.5) is 10.1 Å². The number of nitriles is 1. The van der Waals surface area contributed by atoms with Gasteiger partial charge in [0, 0.05) is 12.0 Å². The Kier molecular flexibility index (Phi) is 4.48. The van der Waals surface area contributed by atoms with Crippen molar-refractivity contribution in [3.63, 3.8) is 0 Å². The van der Waals surface area contributed by atoms with Gasteiger partial charge in [-0.25, -0.2) is 4.39 Å². The van der Waals surface area contributed by atoms with Gasteiger partial charge >= 0.3 is 11.8 Å². The molecule has 5 nitrogen and oxygen atoms in total. The van der Waals surface area contributed by atoms with Crippen LogP contribution in [0.15, 0.2) is 48.5 Å². The van der Waals surface area contributed by atoms with Crippen LogP contribution in [0.2, 0.25) is 0 Å². The number of nitrogens with zero attached hydrogens (tertiary/aromatic N) is 1. The van der Waals surface area contributed by atoms with Crippen molar-refractivity contribution in [3.8, 4) is 6.07 Å². The van der Waals surface area contributed by atoms with Gasteiger partial charge in [-0.15, -0.1) is 0 Å². The van der Waals surface area contributed by atoms with Crippen molar-refractivity contribution < 1.29 is 14.0 Å². The number of benzene rings is 2. The molecule has 126 valence electrons. The number of hydrogen-bond donors (Lipinski definition) is 2. The Balaban J connectivity index is 1.60. The van der Waals surface area contributed by atoms with E-state index in [1.165, 1.54) is 12.1 Å². The molecule has 1 saturated carbocycles.